The maximum Gasteiger partial charge on any atom is 0.269 e. The SMILES string of the molecule is CCCN(CC(=O)Nc1ccccc1C)C(C)c1nnc(-c2ccc([N+](=O)[O-])cc2)o1. The number of aromatic nitrogens is 2. The number of amides is 1. The fraction of sp³-hybridized carbons (Fsp3) is 0.318. The number of para-hydroxylation sites is 1. The van der Waals surface area contributed by atoms with E-state index in [0.717, 1.165) is 17.7 Å². The zero-order valence-corrected chi connectivity index (χ0v) is 17.7. The van der Waals surface area contributed by atoms with Crippen molar-refractivity contribution >= 4 is 17.3 Å². The fourth-order valence-corrected chi connectivity index (χ4v) is 3.19. The molecule has 1 atom stereocenters. The van der Waals surface area contributed by atoms with Crippen LogP contribution in [0.4, 0.5) is 11.4 Å². The summed E-state index contributed by atoms with van der Waals surface area (Å²) in [6.07, 6.45) is 0.853. The Bertz CT molecular complexity index is 1050. The molecule has 0 aliphatic heterocycles. The van der Waals surface area contributed by atoms with Gasteiger partial charge in [-0.25, -0.2) is 0 Å². The molecule has 3 rings (SSSR count). The molecule has 0 saturated carbocycles. The lowest BCUT2D eigenvalue weighted by atomic mass is 10.2. The number of hydrogen-bond donors (Lipinski definition) is 1. The molecule has 162 valence electrons. The van der Waals surface area contributed by atoms with E-state index in [0.29, 0.717) is 18.0 Å². The molecule has 1 aromatic heterocycles. The monoisotopic (exact) mass is 423 g/mol. The van der Waals surface area contributed by atoms with Gasteiger partial charge in [0.05, 0.1) is 17.5 Å². The number of rotatable bonds is 9. The number of carbonyl (C=O) groups is 1. The molecular formula is C22H25N5O4. The van der Waals surface area contributed by atoms with E-state index in [1.807, 2.05) is 49.9 Å². The summed E-state index contributed by atoms with van der Waals surface area (Å²) in [5, 5.41) is 22.0. The van der Waals surface area contributed by atoms with Gasteiger partial charge in [-0.2, -0.15) is 0 Å². The average molecular weight is 423 g/mol. The summed E-state index contributed by atoms with van der Waals surface area (Å²) in [6, 6.07) is 13.3. The highest BCUT2D eigenvalue weighted by Gasteiger charge is 2.24. The number of non-ortho nitro benzene ring substituents is 1. The predicted molar refractivity (Wildman–Crippen MR) is 116 cm³/mol. The summed E-state index contributed by atoms with van der Waals surface area (Å²) in [5.41, 5.74) is 2.37. The normalized spacial score (nSPS) is 12.0. The zero-order valence-electron chi connectivity index (χ0n) is 17.7. The van der Waals surface area contributed by atoms with Crippen molar-refractivity contribution in [2.45, 2.75) is 33.2 Å². The van der Waals surface area contributed by atoms with Crippen LogP contribution in [0.15, 0.2) is 52.9 Å². The Kier molecular flexibility index (Phi) is 7.09. The third kappa shape index (κ3) is 5.52. The summed E-state index contributed by atoms with van der Waals surface area (Å²) in [5.74, 6) is 0.535. The summed E-state index contributed by atoms with van der Waals surface area (Å²) in [4.78, 5) is 25.0. The highest BCUT2D eigenvalue weighted by Crippen LogP contribution is 2.25. The van der Waals surface area contributed by atoms with Crippen molar-refractivity contribution in [3.63, 3.8) is 0 Å². The lowest BCUT2D eigenvalue weighted by Crippen LogP contribution is -2.36. The minimum absolute atomic E-state index is 0.00866. The van der Waals surface area contributed by atoms with Crippen molar-refractivity contribution < 1.29 is 14.1 Å². The van der Waals surface area contributed by atoms with Gasteiger partial charge in [-0.15, -0.1) is 10.2 Å². The molecule has 1 amide bonds. The maximum absolute atomic E-state index is 12.6. The van der Waals surface area contributed by atoms with Crippen molar-refractivity contribution in [2.24, 2.45) is 0 Å². The first-order valence-corrected chi connectivity index (χ1v) is 10.1. The molecule has 0 aliphatic carbocycles. The molecule has 0 aliphatic rings. The van der Waals surface area contributed by atoms with Crippen LogP contribution in [-0.4, -0.2) is 39.0 Å². The van der Waals surface area contributed by atoms with Crippen LogP contribution in [0.3, 0.4) is 0 Å². The second-order valence-corrected chi connectivity index (χ2v) is 7.26. The van der Waals surface area contributed by atoms with E-state index >= 15 is 0 Å². The zero-order chi connectivity index (χ0) is 22.4. The number of nitro groups is 1. The van der Waals surface area contributed by atoms with Gasteiger partial charge in [0.15, 0.2) is 0 Å². The van der Waals surface area contributed by atoms with Crippen molar-refractivity contribution in [3.8, 4) is 11.5 Å². The minimum atomic E-state index is -0.463. The largest absolute Gasteiger partial charge is 0.419 e. The van der Waals surface area contributed by atoms with E-state index in [1.165, 1.54) is 12.1 Å². The maximum atomic E-state index is 12.6. The Labute approximate surface area is 180 Å². The Hall–Kier alpha value is -3.59. The molecule has 1 heterocycles. The van der Waals surface area contributed by atoms with Gasteiger partial charge < -0.3 is 9.73 Å². The Balaban J connectivity index is 1.71. The number of nitrogens with one attached hydrogen (secondary N) is 1. The second-order valence-electron chi connectivity index (χ2n) is 7.26. The number of benzene rings is 2. The van der Waals surface area contributed by atoms with Crippen LogP contribution in [0.5, 0.6) is 0 Å². The van der Waals surface area contributed by atoms with E-state index in [4.69, 9.17) is 4.42 Å². The van der Waals surface area contributed by atoms with Gasteiger partial charge in [-0.1, -0.05) is 25.1 Å². The van der Waals surface area contributed by atoms with E-state index in [1.54, 1.807) is 12.1 Å². The standard InChI is InChI=1S/C22H25N5O4/c1-4-13-26(14-20(28)23-19-8-6-5-7-15(19)2)16(3)21-24-25-22(31-21)17-9-11-18(12-10-17)27(29)30/h5-12,16H,4,13-14H2,1-3H3,(H,23,28). The molecule has 1 unspecified atom stereocenters. The quantitative estimate of drug-likeness (QED) is 0.401. The smallest absolute Gasteiger partial charge is 0.269 e. The number of nitro benzene ring substituents is 1. The molecule has 1 N–H and O–H groups in total. The van der Waals surface area contributed by atoms with Crippen LogP contribution in [0.2, 0.25) is 0 Å². The van der Waals surface area contributed by atoms with E-state index < -0.39 is 4.92 Å². The van der Waals surface area contributed by atoms with Gasteiger partial charge in [-0.3, -0.25) is 19.8 Å². The molecule has 0 bridgehead atoms. The summed E-state index contributed by atoms with van der Waals surface area (Å²) >= 11 is 0. The highest BCUT2D eigenvalue weighted by atomic mass is 16.6. The van der Waals surface area contributed by atoms with Crippen molar-refractivity contribution in [3.05, 3.63) is 70.1 Å². The van der Waals surface area contributed by atoms with E-state index in [-0.39, 0.29) is 30.1 Å². The van der Waals surface area contributed by atoms with E-state index in [9.17, 15) is 14.9 Å². The van der Waals surface area contributed by atoms with Crippen LogP contribution in [0, 0.1) is 17.0 Å². The summed E-state index contributed by atoms with van der Waals surface area (Å²) in [7, 11) is 0. The number of hydrogen-bond acceptors (Lipinski definition) is 7. The fourth-order valence-electron chi connectivity index (χ4n) is 3.19. The van der Waals surface area contributed by atoms with Gasteiger partial charge in [-0.05, 0) is 50.6 Å². The molecule has 0 saturated heterocycles. The Morgan fingerprint density at radius 3 is 2.55 bits per heavy atom. The van der Waals surface area contributed by atoms with Crippen molar-refractivity contribution in [2.75, 3.05) is 18.4 Å². The summed E-state index contributed by atoms with van der Waals surface area (Å²) in [6.45, 7) is 6.75. The average Bonchev–Trinajstić information content (AvgIpc) is 3.25. The van der Waals surface area contributed by atoms with Gasteiger partial charge in [0.25, 0.3) is 5.69 Å². The first-order chi connectivity index (χ1) is 14.9. The van der Waals surface area contributed by atoms with E-state index in [2.05, 4.69) is 15.5 Å². The Morgan fingerprint density at radius 1 is 1.19 bits per heavy atom. The molecule has 0 fully saturated rings. The van der Waals surface area contributed by atoms with Gasteiger partial charge >= 0.3 is 0 Å². The number of aryl methyl sites for hydroxylation is 1. The number of nitrogens with zero attached hydrogens (tertiary/aromatic N) is 4. The lowest BCUT2D eigenvalue weighted by molar-refractivity contribution is -0.384. The van der Waals surface area contributed by atoms with Crippen LogP contribution < -0.4 is 5.32 Å². The molecule has 2 aromatic carbocycles. The molecule has 9 heteroatoms. The van der Waals surface area contributed by atoms with Gasteiger partial charge in [0, 0.05) is 23.4 Å². The third-order valence-electron chi connectivity index (χ3n) is 4.95. The van der Waals surface area contributed by atoms with Gasteiger partial charge in [0.1, 0.15) is 0 Å². The third-order valence-corrected chi connectivity index (χ3v) is 4.95. The minimum Gasteiger partial charge on any atom is -0.419 e. The van der Waals surface area contributed by atoms with Crippen molar-refractivity contribution in [1.29, 1.82) is 0 Å². The molecule has 9 nitrogen and oxygen atoms in total. The molecule has 3 aromatic rings. The van der Waals surface area contributed by atoms with Gasteiger partial charge in [0.2, 0.25) is 17.7 Å². The molecule has 0 radical (unpaired) electrons. The molecule has 0 spiro atoms. The first kappa shape index (κ1) is 22.1. The van der Waals surface area contributed by atoms with Crippen molar-refractivity contribution in [1.82, 2.24) is 15.1 Å². The first-order valence-electron chi connectivity index (χ1n) is 10.1. The lowest BCUT2D eigenvalue weighted by Gasteiger charge is -2.25. The second kappa shape index (κ2) is 9.94. The van der Waals surface area contributed by atoms with Crippen LogP contribution in [0.25, 0.3) is 11.5 Å². The Morgan fingerprint density at radius 2 is 1.90 bits per heavy atom. The van der Waals surface area contributed by atoms with Crippen LogP contribution >= 0.6 is 0 Å². The summed E-state index contributed by atoms with van der Waals surface area (Å²) < 4.78 is 5.81. The number of carbonyl (C=O) groups excluding carboxylic acids is 1. The van der Waals surface area contributed by atoms with Crippen LogP contribution in [-0.2, 0) is 4.79 Å². The topological polar surface area (TPSA) is 114 Å². The molecular weight excluding hydrogens is 398 g/mol. The number of anilines is 1. The molecule has 31 heavy (non-hydrogen) atoms. The highest BCUT2D eigenvalue weighted by molar-refractivity contribution is 5.92. The predicted octanol–water partition coefficient (Wildman–Crippen LogP) is 4.36. The van der Waals surface area contributed by atoms with Crippen LogP contribution in [0.1, 0.15) is 37.8 Å².